The Hall–Kier alpha value is -0.0800. The van der Waals surface area contributed by atoms with E-state index in [9.17, 15) is 8.42 Å². The number of ether oxygens (including phenoxy) is 1. The summed E-state index contributed by atoms with van der Waals surface area (Å²) in [5.41, 5.74) is 0. The van der Waals surface area contributed by atoms with Crippen LogP contribution in [0.1, 0.15) is 0 Å². The minimum absolute atomic E-state index is 0.0186. The van der Waals surface area contributed by atoms with Crippen LogP contribution < -0.4 is 10.0 Å². The molecular formula is C11H13Cl3N2O3S. The normalized spacial score (nSPS) is 23.2. The van der Waals surface area contributed by atoms with Crippen LogP contribution in [0.3, 0.4) is 0 Å². The first-order chi connectivity index (χ1) is 9.35. The molecule has 0 amide bonds. The maximum atomic E-state index is 12.4. The average Bonchev–Trinajstić information content (AvgIpc) is 2.73. The summed E-state index contributed by atoms with van der Waals surface area (Å²) < 4.78 is 32.5. The molecule has 2 N–H and O–H groups in total. The Morgan fingerprint density at radius 1 is 1.25 bits per heavy atom. The summed E-state index contributed by atoms with van der Waals surface area (Å²) in [6.45, 7) is 1.05. The monoisotopic (exact) mass is 358 g/mol. The standard InChI is InChI=1S/C11H13Cl3N2O3S/c1-19-10-5-15-4-9(10)16-20(17,18)11-7(13)2-6(12)3-8(11)14/h2-3,9-10,15-16H,4-5H2,1H3/t9?,10-/m0/s1. The van der Waals surface area contributed by atoms with Crippen LogP contribution in [0.4, 0.5) is 0 Å². The van der Waals surface area contributed by atoms with Gasteiger partial charge in [-0.25, -0.2) is 13.1 Å². The molecule has 2 atom stereocenters. The van der Waals surface area contributed by atoms with Crippen LogP contribution in [0.2, 0.25) is 15.1 Å². The number of benzene rings is 1. The van der Waals surface area contributed by atoms with Gasteiger partial charge in [-0.3, -0.25) is 0 Å². The maximum Gasteiger partial charge on any atom is 0.243 e. The van der Waals surface area contributed by atoms with Gasteiger partial charge in [-0.05, 0) is 12.1 Å². The third kappa shape index (κ3) is 3.39. The minimum atomic E-state index is -3.86. The van der Waals surface area contributed by atoms with Crippen molar-refractivity contribution in [2.45, 2.75) is 17.0 Å². The third-order valence-electron chi connectivity index (χ3n) is 3.00. The molecule has 1 saturated heterocycles. The summed E-state index contributed by atoms with van der Waals surface area (Å²) in [4.78, 5) is -0.174. The summed E-state index contributed by atoms with van der Waals surface area (Å²) in [7, 11) is -2.33. The van der Waals surface area contributed by atoms with Crippen LogP contribution in [-0.2, 0) is 14.8 Å². The first-order valence-corrected chi connectivity index (χ1v) is 8.37. The maximum absolute atomic E-state index is 12.4. The van der Waals surface area contributed by atoms with Crippen LogP contribution in [0, 0.1) is 0 Å². The Balaban J connectivity index is 2.32. The molecule has 0 aliphatic carbocycles. The largest absolute Gasteiger partial charge is 0.378 e. The fourth-order valence-corrected chi connectivity index (χ4v) is 4.87. The Bertz CT molecular complexity index is 586. The van der Waals surface area contributed by atoms with E-state index < -0.39 is 10.0 Å². The highest BCUT2D eigenvalue weighted by Gasteiger charge is 2.33. The zero-order valence-corrected chi connectivity index (χ0v) is 13.6. The van der Waals surface area contributed by atoms with E-state index in [0.29, 0.717) is 13.1 Å². The van der Waals surface area contributed by atoms with Gasteiger partial charge in [0, 0.05) is 25.2 Å². The predicted octanol–water partition coefficient (Wildman–Crippen LogP) is 1.91. The molecule has 5 nitrogen and oxygen atoms in total. The van der Waals surface area contributed by atoms with Crippen molar-refractivity contribution in [3.63, 3.8) is 0 Å². The van der Waals surface area contributed by atoms with Crippen molar-refractivity contribution in [3.05, 3.63) is 27.2 Å². The van der Waals surface area contributed by atoms with Crippen LogP contribution in [0.25, 0.3) is 0 Å². The van der Waals surface area contributed by atoms with Crippen molar-refractivity contribution in [1.82, 2.24) is 10.0 Å². The Morgan fingerprint density at radius 3 is 2.40 bits per heavy atom. The van der Waals surface area contributed by atoms with Gasteiger partial charge < -0.3 is 10.1 Å². The topological polar surface area (TPSA) is 67.4 Å². The van der Waals surface area contributed by atoms with Crippen LogP contribution >= 0.6 is 34.8 Å². The summed E-state index contributed by atoms with van der Waals surface area (Å²) in [6.07, 6.45) is -0.241. The molecule has 1 aromatic carbocycles. The molecule has 0 saturated carbocycles. The van der Waals surface area contributed by atoms with Crippen molar-refractivity contribution in [2.24, 2.45) is 0 Å². The molecule has 0 radical (unpaired) electrons. The smallest absolute Gasteiger partial charge is 0.243 e. The number of hydrogen-bond acceptors (Lipinski definition) is 4. The molecule has 1 fully saturated rings. The fourth-order valence-electron chi connectivity index (χ4n) is 2.06. The minimum Gasteiger partial charge on any atom is -0.378 e. The zero-order valence-electron chi connectivity index (χ0n) is 10.5. The summed E-state index contributed by atoms with van der Waals surface area (Å²) in [5.74, 6) is 0. The fraction of sp³-hybridized carbons (Fsp3) is 0.455. The Morgan fingerprint density at radius 2 is 1.85 bits per heavy atom. The van der Waals surface area contributed by atoms with Gasteiger partial charge in [-0.1, -0.05) is 34.8 Å². The highest BCUT2D eigenvalue weighted by molar-refractivity contribution is 7.89. The Labute approximate surface area is 132 Å². The van der Waals surface area contributed by atoms with E-state index in [1.807, 2.05) is 0 Å². The number of sulfonamides is 1. The predicted molar refractivity (Wildman–Crippen MR) is 79.2 cm³/mol. The van der Waals surface area contributed by atoms with Crippen molar-refractivity contribution in [1.29, 1.82) is 0 Å². The molecular weight excluding hydrogens is 347 g/mol. The molecule has 2 rings (SSSR count). The highest BCUT2D eigenvalue weighted by Crippen LogP contribution is 2.32. The molecule has 0 spiro atoms. The molecule has 1 unspecified atom stereocenters. The molecule has 9 heteroatoms. The number of methoxy groups -OCH3 is 1. The Kier molecular flexibility index (Phi) is 5.18. The lowest BCUT2D eigenvalue weighted by Crippen LogP contribution is -2.43. The van der Waals surface area contributed by atoms with Crippen molar-refractivity contribution in [3.8, 4) is 0 Å². The molecule has 20 heavy (non-hydrogen) atoms. The quantitative estimate of drug-likeness (QED) is 0.862. The first-order valence-electron chi connectivity index (χ1n) is 5.75. The van der Waals surface area contributed by atoms with E-state index in [1.54, 1.807) is 0 Å². The second-order valence-corrected chi connectivity index (χ2v) is 7.26. The number of nitrogens with one attached hydrogen (secondary N) is 2. The van der Waals surface area contributed by atoms with Crippen LogP contribution in [0.5, 0.6) is 0 Å². The van der Waals surface area contributed by atoms with E-state index in [4.69, 9.17) is 39.5 Å². The van der Waals surface area contributed by atoms with Gasteiger partial charge in [0.2, 0.25) is 10.0 Å². The van der Waals surface area contributed by atoms with Crippen LogP contribution in [-0.4, -0.2) is 40.8 Å². The summed E-state index contributed by atoms with van der Waals surface area (Å²) in [5, 5.41) is 3.28. The molecule has 112 valence electrons. The second kappa shape index (κ2) is 6.36. The van der Waals surface area contributed by atoms with Gasteiger partial charge >= 0.3 is 0 Å². The van der Waals surface area contributed by atoms with Gasteiger partial charge in [0.05, 0.1) is 22.2 Å². The average molecular weight is 360 g/mol. The molecule has 0 bridgehead atoms. The lowest BCUT2D eigenvalue weighted by atomic mass is 10.2. The van der Waals surface area contributed by atoms with Gasteiger partial charge in [-0.15, -0.1) is 0 Å². The highest BCUT2D eigenvalue weighted by atomic mass is 35.5. The molecule has 0 aromatic heterocycles. The number of halogens is 3. The lowest BCUT2D eigenvalue weighted by Gasteiger charge is -2.19. The van der Waals surface area contributed by atoms with E-state index in [1.165, 1.54) is 19.2 Å². The van der Waals surface area contributed by atoms with Gasteiger partial charge in [0.15, 0.2) is 0 Å². The van der Waals surface area contributed by atoms with E-state index in [2.05, 4.69) is 10.0 Å². The number of hydrogen-bond donors (Lipinski definition) is 2. The van der Waals surface area contributed by atoms with E-state index in [0.717, 1.165) is 0 Å². The van der Waals surface area contributed by atoms with Gasteiger partial charge in [-0.2, -0.15) is 0 Å². The third-order valence-corrected chi connectivity index (χ3v) is 5.63. The van der Waals surface area contributed by atoms with Crippen molar-refractivity contribution in [2.75, 3.05) is 20.2 Å². The van der Waals surface area contributed by atoms with Gasteiger partial charge in [0.25, 0.3) is 0 Å². The molecule has 1 aliphatic heterocycles. The van der Waals surface area contributed by atoms with E-state index >= 15 is 0 Å². The lowest BCUT2D eigenvalue weighted by molar-refractivity contribution is 0.103. The molecule has 1 heterocycles. The summed E-state index contributed by atoms with van der Waals surface area (Å²) in [6, 6.07) is 2.29. The van der Waals surface area contributed by atoms with Crippen molar-refractivity contribution < 1.29 is 13.2 Å². The second-order valence-electron chi connectivity index (χ2n) is 4.36. The number of rotatable bonds is 4. The molecule has 1 aromatic rings. The summed E-state index contributed by atoms with van der Waals surface area (Å²) >= 11 is 17.7. The van der Waals surface area contributed by atoms with Crippen molar-refractivity contribution >= 4 is 44.8 Å². The zero-order chi connectivity index (χ0) is 14.9. The first kappa shape index (κ1) is 16.3. The van der Waals surface area contributed by atoms with E-state index in [-0.39, 0.29) is 32.1 Å². The van der Waals surface area contributed by atoms with Crippen LogP contribution in [0.15, 0.2) is 17.0 Å². The SMILES string of the molecule is CO[C@H]1CNCC1NS(=O)(=O)c1c(Cl)cc(Cl)cc1Cl. The molecule has 1 aliphatic rings. The van der Waals surface area contributed by atoms with Gasteiger partial charge in [0.1, 0.15) is 4.90 Å².